The van der Waals surface area contributed by atoms with Crippen LogP contribution in [0.5, 0.6) is 0 Å². The van der Waals surface area contributed by atoms with Gasteiger partial charge in [0.25, 0.3) is 0 Å². The number of aldehydes is 1. The van der Waals surface area contributed by atoms with E-state index in [4.69, 9.17) is 0 Å². The van der Waals surface area contributed by atoms with E-state index < -0.39 is 5.78 Å². The Morgan fingerprint density at radius 3 is 2.68 bits per heavy atom. The molecule has 0 fully saturated rings. The molecule has 3 rings (SSSR count). The highest BCUT2D eigenvalue weighted by atomic mass is 32.1. The molecule has 6 heteroatoms. The lowest BCUT2D eigenvalue weighted by Crippen LogP contribution is -2.07. The van der Waals surface area contributed by atoms with Crippen molar-refractivity contribution in [3.05, 3.63) is 52.2 Å². The summed E-state index contributed by atoms with van der Waals surface area (Å²) in [5, 5.41) is 4.43. The van der Waals surface area contributed by atoms with Crippen LogP contribution in [0.25, 0.3) is 10.2 Å². The third-order valence-corrected chi connectivity index (χ3v) is 5.21. The number of ketones is 1. The number of rotatable bonds is 7. The summed E-state index contributed by atoms with van der Waals surface area (Å²) in [6.07, 6.45) is 0.854. The van der Waals surface area contributed by atoms with E-state index >= 15 is 0 Å². The first kappa shape index (κ1) is 17.2. The predicted molar refractivity (Wildman–Crippen MR) is 100 cm³/mol. The van der Waals surface area contributed by atoms with Gasteiger partial charge in [-0.3, -0.25) is 9.59 Å². The summed E-state index contributed by atoms with van der Waals surface area (Å²) in [7, 11) is 0. The number of carbonyl (C=O) groups excluding carboxylic acids is 2. The highest BCUT2D eigenvalue weighted by molar-refractivity contribution is 7.18. The lowest BCUT2D eigenvalue weighted by molar-refractivity contribution is -0.129. The van der Waals surface area contributed by atoms with Crippen molar-refractivity contribution in [3.63, 3.8) is 0 Å². The van der Waals surface area contributed by atoms with Gasteiger partial charge in [-0.1, -0.05) is 30.3 Å². The van der Waals surface area contributed by atoms with Crippen LogP contribution in [0, 0.1) is 13.8 Å². The van der Waals surface area contributed by atoms with E-state index in [9.17, 15) is 9.59 Å². The molecule has 0 unspecified atom stereocenters. The van der Waals surface area contributed by atoms with Gasteiger partial charge in [-0.2, -0.15) is 0 Å². The summed E-state index contributed by atoms with van der Waals surface area (Å²) < 4.78 is 0. The summed E-state index contributed by atoms with van der Waals surface area (Å²) in [6, 6.07) is 10.1. The maximum Gasteiger partial charge on any atom is 0.195 e. The minimum atomic E-state index is -0.430. The van der Waals surface area contributed by atoms with Crippen LogP contribution < -0.4 is 5.32 Å². The van der Waals surface area contributed by atoms with Crippen LogP contribution in [0.4, 0.5) is 5.82 Å². The molecule has 0 radical (unpaired) electrons. The summed E-state index contributed by atoms with van der Waals surface area (Å²) >= 11 is 1.62. The van der Waals surface area contributed by atoms with Crippen LogP contribution in [-0.4, -0.2) is 22.0 Å². The number of benzene rings is 1. The summed E-state index contributed by atoms with van der Waals surface area (Å²) in [5.41, 5.74) is 2.34. The van der Waals surface area contributed by atoms with Gasteiger partial charge in [-0.25, -0.2) is 9.97 Å². The van der Waals surface area contributed by atoms with Crippen molar-refractivity contribution in [1.29, 1.82) is 0 Å². The van der Waals surface area contributed by atoms with Crippen molar-refractivity contribution >= 4 is 39.4 Å². The Hall–Kier alpha value is -2.60. The number of carbonyl (C=O) groups is 2. The molecule has 128 valence electrons. The predicted octanol–water partition coefficient (Wildman–Crippen LogP) is 3.62. The summed E-state index contributed by atoms with van der Waals surface area (Å²) in [6.45, 7) is 4.80. The highest BCUT2D eigenvalue weighted by Crippen LogP contribution is 2.33. The van der Waals surface area contributed by atoms with Crippen molar-refractivity contribution in [2.24, 2.45) is 0 Å². The lowest BCUT2D eigenvalue weighted by atomic mass is 10.2. The zero-order valence-corrected chi connectivity index (χ0v) is 15.0. The zero-order valence-electron chi connectivity index (χ0n) is 14.2. The Morgan fingerprint density at radius 1 is 1.20 bits per heavy atom. The van der Waals surface area contributed by atoms with E-state index in [-0.39, 0.29) is 6.42 Å². The SMILES string of the molecule is Cc1sc2nc(CCC(=O)C=O)nc(NCc3ccccc3)c2c1C. The van der Waals surface area contributed by atoms with Crippen molar-refractivity contribution in [1.82, 2.24) is 9.97 Å². The molecular weight excluding hydrogens is 334 g/mol. The van der Waals surface area contributed by atoms with Crippen LogP contribution in [0.15, 0.2) is 30.3 Å². The van der Waals surface area contributed by atoms with Crippen LogP contribution in [0.1, 0.15) is 28.2 Å². The van der Waals surface area contributed by atoms with E-state index in [2.05, 4.69) is 41.3 Å². The fraction of sp³-hybridized carbons (Fsp3) is 0.263. The molecular formula is C19H19N3O2S. The van der Waals surface area contributed by atoms with Gasteiger partial charge in [0.2, 0.25) is 0 Å². The van der Waals surface area contributed by atoms with Crippen molar-refractivity contribution in [2.75, 3.05) is 5.32 Å². The molecule has 0 saturated heterocycles. The smallest absolute Gasteiger partial charge is 0.195 e. The minimum Gasteiger partial charge on any atom is -0.365 e. The van der Waals surface area contributed by atoms with Crippen molar-refractivity contribution in [3.8, 4) is 0 Å². The molecule has 2 aromatic heterocycles. The average molecular weight is 353 g/mol. The van der Waals surface area contributed by atoms with Gasteiger partial charge in [0.15, 0.2) is 12.1 Å². The van der Waals surface area contributed by atoms with Gasteiger partial charge in [0.1, 0.15) is 16.5 Å². The number of nitrogens with one attached hydrogen (secondary N) is 1. The second kappa shape index (κ2) is 7.53. The largest absolute Gasteiger partial charge is 0.365 e. The number of Topliss-reactive ketones (excluding diaryl/α,β-unsaturated/α-hetero) is 1. The molecule has 0 spiro atoms. The van der Waals surface area contributed by atoms with Crippen LogP contribution in [-0.2, 0) is 22.6 Å². The standard InChI is InChI=1S/C19H19N3O2S/c1-12-13(2)25-19-17(12)18(20-10-14-6-4-3-5-7-14)21-16(22-19)9-8-15(24)11-23/h3-7,11H,8-10H2,1-2H3,(H,20,21,22). The molecule has 0 saturated carbocycles. The molecule has 3 aromatic rings. The van der Waals surface area contributed by atoms with Crippen molar-refractivity contribution < 1.29 is 9.59 Å². The third kappa shape index (κ3) is 3.91. The topological polar surface area (TPSA) is 72.0 Å². The van der Waals surface area contributed by atoms with Crippen LogP contribution in [0.2, 0.25) is 0 Å². The molecule has 0 amide bonds. The molecule has 2 heterocycles. The van der Waals surface area contributed by atoms with E-state index in [1.165, 1.54) is 10.4 Å². The number of hydrogen-bond donors (Lipinski definition) is 1. The van der Waals surface area contributed by atoms with Gasteiger partial charge in [-0.15, -0.1) is 11.3 Å². The molecule has 0 aliphatic heterocycles. The number of fused-ring (bicyclic) bond motifs is 1. The normalized spacial score (nSPS) is 10.8. The first-order chi connectivity index (χ1) is 12.1. The zero-order chi connectivity index (χ0) is 17.8. The Bertz CT molecular complexity index is 919. The molecule has 0 aliphatic carbocycles. The fourth-order valence-electron chi connectivity index (χ4n) is 2.61. The molecule has 0 aliphatic rings. The number of nitrogens with zero attached hydrogens (tertiary/aromatic N) is 2. The summed E-state index contributed by atoms with van der Waals surface area (Å²) in [4.78, 5) is 33.1. The fourth-order valence-corrected chi connectivity index (χ4v) is 3.66. The Balaban J connectivity index is 1.92. The molecule has 1 N–H and O–H groups in total. The van der Waals surface area contributed by atoms with E-state index in [0.29, 0.717) is 25.1 Å². The maximum atomic E-state index is 11.3. The minimum absolute atomic E-state index is 0.135. The lowest BCUT2D eigenvalue weighted by Gasteiger charge is -2.10. The molecule has 0 bridgehead atoms. The van der Waals surface area contributed by atoms with E-state index in [1.807, 2.05) is 18.2 Å². The maximum absolute atomic E-state index is 11.3. The van der Waals surface area contributed by atoms with Gasteiger partial charge < -0.3 is 5.32 Å². The highest BCUT2D eigenvalue weighted by Gasteiger charge is 2.15. The number of thiophene rings is 1. The van der Waals surface area contributed by atoms with Gasteiger partial charge in [-0.05, 0) is 25.0 Å². The van der Waals surface area contributed by atoms with Crippen LogP contribution in [0.3, 0.4) is 0 Å². The first-order valence-corrected chi connectivity index (χ1v) is 8.92. The van der Waals surface area contributed by atoms with Gasteiger partial charge in [0.05, 0.1) is 5.39 Å². The molecule has 0 atom stereocenters. The number of anilines is 1. The second-order valence-corrected chi connectivity index (χ2v) is 7.08. The molecule has 5 nitrogen and oxygen atoms in total. The Kier molecular flexibility index (Phi) is 5.19. The number of aromatic nitrogens is 2. The van der Waals surface area contributed by atoms with E-state index in [0.717, 1.165) is 21.6 Å². The number of hydrogen-bond acceptors (Lipinski definition) is 6. The third-order valence-electron chi connectivity index (χ3n) is 4.10. The monoisotopic (exact) mass is 353 g/mol. The Labute approximate surface area is 150 Å². The second-order valence-electron chi connectivity index (χ2n) is 5.88. The molecule has 1 aromatic carbocycles. The number of aryl methyl sites for hydroxylation is 3. The average Bonchev–Trinajstić information content (AvgIpc) is 2.92. The van der Waals surface area contributed by atoms with E-state index in [1.54, 1.807) is 11.3 Å². The van der Waals surface area contributed by atoms with Gasteiger partial charge in [0, 0.05) is 24.3 Å². The van der Waals surface area contributed by atoms with Crippen molar-refractivity contribution in [2.45, 2.75) is 33.2 Å². The van der Waals surface area contributed by atoms with Crippen LogP contribution >= 0.6 is 11.3 Å². The summed E-state index contributed by atoms with van der Waals surface area (Å²) in [5.74, 6) is 0.935. The first-order valence-electron chi connectivity index (χ1n) is 8.11. The van der Waals surface area contributed by atoms with Gasteiger partial charge >= 0.3 is 0 Å². The molecule has 25 heavy (non-hydrogen) atoms. The quantitative estimate of drug-likeness (QED) is 0.519. The Morgan fingerprint density at radius 2 is 1.96 bits per heavy atom.